The quantitative estimate of drug-likeness (QED) is 0.576. The minimum Gasteiger partial charge on any atom is -0.322 e. The number of hydrogen-bond acceptors (Lipinski definition) is 4. The van der Waals surface area contributed by atoms with Gasteiger partial charge >= 0.3 is 0 Å². The number of rotatable bonds is 4. The molecule has 6 nitrogen and oxygen atoms in total. The van der Waals surface area contributed by atoms with E-state index in [-0.39, 0.29) is 10.8 Å². The second-order valence-corrected chi connectivity index (χ2v) is 8.44. The number of carbonyl (C=O) groups is 1. The topological polar surface area (TPSA) is 80.5 Å². The number of nitrogens with zero attached hydrogens (tertiary/aromatic N) is 2. The molecule has 0 aliphatic heterocycles. The molecular weight excluding hydrogens is 374 g/mol. The lowest BCUT2D eigenvalue weighted by Crippen LogP contribution is -2.12. The Morgan fingerprint density at radius 1 is 0.964 bits per heavy atom. The van der Waals surface area contributed by atoms with E-state index in [1.165, 1.54) is 24.3 Å². The van der Waals surface area contributed by atoms with Gasteiger partial charge in [0.05, 0.1) is 10.6 Å². The van der Waals surface area contributed by atoms with Crippen LogP contribution in [0.2, 0.25) is 0 Å². The van der Waals surface area contributed by atoms with Gasteiger partial charge in [-0.1, -0.05) is 18.2 Å². The minimum atomic E-state index is -3.28. The molecule has 0 atom stereocenters. The highest BCUT2D eigenvalue weighted by atomic mass is 32.2. The Labute approximate surface area is 162 Å². The average molecular weight is 391 g/mol. The van der Waals surface area contributed by atoms with Gasteiger partial charge < -0.3 is 9.72 Å². The van der Waals surface area contributed by atoms with Gasteiger partial charge in [0.1, 0.15) is 5.65 Å². The summed E-state index contributed by atoms with van der Waals surface area (Å²) in [6, 6.07) is 19.1. The van der Waals surface area contributed by atoms with Crippen molar-refractivity contribution in [2.45, 2.75) is 4.90 Å². The maximum Gasteiger partial charge on any atom is 0.255 e. The van der Waals surface area contributed by atoms with E-state index >= 15 is 0 Å². The van der Waals surface area contributed by atoms with Crippen molar-refractivity contribution in [3.05, 3.63) is 84.7 Å². The maximum atomic E-state index is 12.4. The first kappa shape index (κ1) is 17.9. The number of aromatic nitrogens is 2. The largest absolute Gasteiger partial charge is 0.322 e. The standard InChI is InChI=1S/C21H17N3O3S/c1-28(26,27)18-11-7-16(8-12-18)21(25)22-17-9-5-15(6-10-17)19-14-24-13-3-2-4-20(24)23-19/h2-14H,1H3,(H,22,25). The summed E-state index contributed by atoms with van der Waals surface area (Å²) in [5.41, 5.74) is 3.69. The number of fused-ring (bicyclic) bond motifs is 1. The summed E-state index contributed by atoms with van der Waals surface area (Å²) in [4.78, 5) is 17.1. The molecule has 2 aromatic carbocycles. The molecule has 0 saturated heterocycles. The molecule has 1 amide bonds. The van der Waals surface area contributed by atoms with Gasteiger partial charge in [-0.2, -0.15) is 0 Å². The van der Waals surface area contributed by atoms with Crippen molar-refractivity contribution >= 4 is 27.1 Å². The van der Waals surface area contributed by atoms with E-state index in [4.69, 9.17) is 0 Å². The molecule has 140 valence electrons. The van der Waals surface area contributed by atoms with Crippen LogP contribution in [0.1, 0.15) is 10.4 Å². The molecule has 0 fully saturated rings. The molecule has 0 aliphatic rings. The lowest BCUT2D eigenvalue weighted by Gasteiger charge is -2.07. The average Bonchev–Trinajstić information content (AvgIpc) is 3.12. The van der Waals surface area contributed by atoms with Crippen molar-refractivity contribution in [2.24, 2.45) is 0 Å². The van der Waals surface area contributed by atoms with Crippen LogP contribution < -0.4 is 5.32 Å². The Morgan fingerprint density at radius 3 is 2.32 bits per heavy atom. The van der Waals surface area contributed by atoms with Gasteiger partial charge in [0, 0.05) is 35.5 Å². The second-order valence-electron chi connectivity index (χ2n) is 6.42. The van der Waals surface area contributed by atoms with Crippen LogP contribution in [0.4, 0.5) is 5.69 Å². The lowest BCUT2D eigenvalue weighted by atomic mass is 10.1. The Bertz CT molecular complexity index is 1230. The van der Waals surface area contributed by atoms with Crippen LogP contribution in [0, 0.1) is 0 Å². The van der Waals surface area contributed by atoms with E-state index in [1.807, 2.05) is 59.3 Å². The summed E-state index contributed by atoms with van der Waals surface area (Å²) in [5, 5.41) is 2.81. The number of sulfone groups is 1. The molecule has 0 bridgehead atoms. The summed E-state index contributed by atoms with van der Waals surface area (Å²) in [6.07, 6.45) is 5.02. The van der Waals surface area contributed by atoms with E-state index in [9.17, 15) is 13.2 Å². The Kier molecular flexibility index (Phi) is 4.44. The molecule has 7 heteroatoms. The zero-order chi connectivity index (χ0) is 19.7. The number of amides is 1. The fourth-order valence-electron chi connectivity index (χ4n) is 2.85. The molecule has 2 aromatic heterocycles. The number of pyridine rings is 1. The summed E-state index contributed by atoms with van der Waals surface area (Å²) in [7, 11) is -3.28. The van der Waals surface area contributed by atoms with Crippen molar-refractivity contribution in [2.75, 3.05) is 11.6 Å². The molecule has 4 rings (SSSR count). The maximum absolute atomic E-state index is 12.4. The smallest absolute Gasteiger partial charge is 0.255 e. The van der Waals surface area contributed by atoms with Gasteiger partial charge in [-0.25, -0.2) is 13.4 Å². The molecule has 0 aliphatic carbocycles. The highest BCUT2D eigenvalue weighted by Gasteiger charge is 2.11. The monoisotopic (exact) mass is 391 g/mol. The van der Waals surface area contributed by atoms with Crippen molar-refractivity contribution < 1.29 is 13.2 Å². The number of benzene rings is 2. The van der Waals surface area contributed by atoms with Gasteiger partial charge in [0.25, 0.3) is 5.91 Å². The molecule has 0 unspecified atom stereocenters. The highest BCUT2D eigenvalue weighted by molar-refractivity contribution is 7.90. The van der Waals surface area contributed by atoms with Crippen LogP contribution in [0.5, 0.6) is 0 Å². The third-order valence-corrected chi connectivity index (χ3v) is 5.48. The predicted molar refractivity (Wildman–Crippen MR) is 108 cm³/mol. The first-order valence-corrected chi connectivity index (χ1v) is 10.4. The van der Waals surface area contributed by atoms with Gasteiger partial charge in [0.2, 0.25) is 0 Å². The lowest BCUT2D eigenvalue weighted by molar-refractivity contribution is 0.102. The fraction of sp³-hybridized carbons (Fsp3) is 0.0476. The normalized spacial score (nSPS) is 11.5. The Hall–Kier alpha value is -3.45. The summed E-state index contributed by atoms with van der Waals surface area (Å²) >= 11 is 0. The van der Waals surface area contributed by atoms with E-state index in [0.29, 0.717) is 11.3 Å². The third-order valence-electron chi connectivity index (χ3n) is 4.35. The molecule has 1 N–H and O–H groups in total. The molecule has 2 heterocycles. The zero-order valence-electron chi connectivity index (χ0n) is 15.0. The fourth-order valence-corrected chi connectivity index (χ4v) is 3.49. The minimum absolute atomic E-state index is 0.181. The highest BCUT2D eigenvalue weighted by Crippen LogP contribution is 2.22. The first-order chi connectivity index (χ1) is 13.4. The number of anilines is 1. The summed E-state index contributed by atoms with van der Waals surface area (Å²) in [5.74, 6) is -0.305. The number of imidazole rings is 1. The Balaban J connectivity index is 1.50. The molecular formula is C21H17N3O3S. The molecule has 0 saturated carbocycles. The Morgan fingerprint density at radius 2 is 1.68 bits per heavy atom. The summed E-state index contributed by atoms with van der Waals surface area (Å²) < 4.78 is 25.0. The van der Waals surface area contributed by atoms with Crippen molar-refractivity contribution in [3.8, 4) is 11.3 Å². The van der Waals surface area contributed by atoms with Crippen LogP contribution in [0.25, 0.3) is 16.9 Å². The number of hydrogen-bond donors (Lipinski definition) is 1. The van der Waals surface area contributed by atoms with Crippen LogP contribution in [0.15, 0.2) is 84.0 Å². The molecule has 4 aromatic rings. The van der Waals surface area contributed by atoms with Gasteiger partial charge in [-0.05, 0) is 48.5 Å². The van der Waals surface area contributed by atoms with Crippen molar-refractivity contribution in [3.63, 3.8) is 0 Å². The van der Waals surface area contributed by atoms with Crippen LogP contribution in [0.3, 0.4) is 0 Å². The third kappa shape index (κ3) is 3.65. The van der Waals surface area contributed by atoms with Crippen molar-refractivity contribution in [1.29, 1.82) is 0 Å². The summed E-state index contributed by atoms with van der Waals surface area (Å²) in [6.45, 7) is 0. The predicted octanol–water partition coefficient (Wildman–Crippen LogP) is 3.66. The molecule has 0 spiro atoms. The first-order valence-electron chi connectivity index (χ1n) is 8.56. The van der Waals surface area contributed by atoms with Crippen molar-refractivity contribution in [1.82, 2.24) is 9.38 Å². The molecule has 0 radical (unpaired) electrons. The van der Waals surface area contributed by atoms with Crippen LogP contribution >= 0.6 is 0 Å². The second kappa shape index (κ2) is 6.94. The SMILES string of the molecule is CS(=O)(=O)c1ccc(C(=O)Nc2ccc(-c3cn4ccccc4n3)cc2)cc1. The van der Waals surface area contributed by atoms with E-state index in [1.54, 1.807) is 0 Å². The number of carbonyl (C=O) groups excluding carboxylic acids is 1. The van der Waals surface area contributed by atoms with Gasteiger partial charge in [0.15, 0.2) is 9.84 Å². The van der Waals surface area contributed by atoms with Crippen LogP contribution in [-0.4, -0.2) is 30.0 Å². The zero-order valence-corrected chi connectivity index (χ0v) is 15.8. The van der Waals surface area contributed by atoms with Crippen LogP contribution in [-0.2, 0) is 9.84 Å². The van der Waals surface area contributed by atoms with E-state index < -0.39 is 9.84 Å². The van der Waals surface area contributed by atoms with Gasteiger partial charge in [-0.15, -0.1) is 0 Å². The molecule has 28 heavy (non-hydrogen) atoms. The van der Waals surface area contributed by atoms with E-state index in [2.05, 4.69) is 10.3 Å². The van der Waals surface area contributed by atoms with E-state index in [0.717, 1.165) is 23.2 Å². The van der Waals surface area contributed by atoms with Gasteiger partial charge in [-0.3, -0.25) is 4.79 Å². The number of nitrogens with one attached hydrogen (secondary N) is 1.